The molecule has 1 saturated heterocycles. The van der Waals surface area contributed by atoms with Crippen LogP contribution in [0.2, 0.25) is 0 Å². The number of aromatic nitrogens is 1. The Labute approximate surface area is 155 Å². The summed E-state index contributed by atoms with van der Waals surface area (Å²) in [5, 5.41) is 9.93. The lowest BCUT2D eigenvalue weighted by Crippen LogP contribution is -2.37. The van der Waals surface area contributed by atoms with Gasteiger partial charge >= 0.3 is 5.97 Å². The van der Waals surface area contributed by atoms with Crippen LogP contribution >= 0.6 is 0 Å². The smallest absolute Gasteiger partial charge is 0.325 e. The highest BCUT2D eigenvalue weighted by molar-refractivity contribution is 5.76. The maximum Gasteiger partial charge on any atom is 0.325 e. The highest BCUT2D eigenvalue weighted by Crippen LogP contribution is 2.26. The van der Waals surface area contributed by atoms with Crippen LogP contribution in [0, 0.1) is 0 Å². The molecule has 2 heterocycles. The third-order valence-corrected chi connectivity index (χ3v) is 5.08. The molecule has 1 atom stereocenters. The van der Waals surface area contributed by atoms with E-state index in [1.54, 1.807) is 6.20 Å². The van der Waals surface area contributed by atoms with Crippen molar-refractivity contribution in [2.75, 3.05) is 26.2 Å². The van der Waals surface area contributed by atoms with Gasteiger partial charge in [-0.15, -0.1) is 0 Å². The normalized spacial score (nSPS) is 17.6. The number of carbonyl (C=O) groups is 1. The number of rotatable bonds is 6. The van der Waals surface area contributed by atoms with Crippen LogP contribution in [0.25, 0.3) is 0 Å². The summed E-state index contributed by atoms with van der Waals surface area (Å²) in [5.41, 5.74) is 3.26. The Hall–Kier alpha value is -2.24. The summed E-state index contributed by atoms with van der Waals surface area (Å²) in [6.45, 7) is 6.36. The maximum atomic E-state index is 12.1. The van der Waals surface area contributed by atoms with Crippen molar-refractivity contribution in [3.05, 3.63) is 65.5 Å². The van der Waals surface area contributed by atoms with Crippen molar-refractivity contribution in [2.45, 2.75) is 32.4 Å². The number of nitrogens with zero attached hydrogens (tertiary/aromatic N) is 3. The van der Waals surface area contributed by atoms with Crippen molar-refractivity contribution >= 4 is 5.97 Å². The number of carboxylic acids is 1. The lowest BCUT2D eigenvalue weighted by atomic mass is 9.97. The van der Waals surface area contributed by atoms with E-state index in [1.807, 2.05) is 36.5 Å². The van der Waals surface area contributed by atoms with Crippen LogP contribution in [0.5, 0.6) is 0 Å². The summed E-state index contributed by atoms with van der Waals surface area (Å²) in [5.74, 6) is -0.758. The predicted molar refractivity (Wildman–Crippen MR) is 102 cm³/mol. The molecule has 5 heteroatoms. The summed E-state index contributed by atoms with van der Waals surface area (Å²) in [6, 6.07) is 11.4. The molecule has 0 saturated carbocycles. The largest absolute Gasteiger partial charge is 0.480 e. The lowest BCUT2D eigenvalue weighted by Gasteiger charge is -2.29. The van der Waals surface area contributed by atoms with Crippen molar-refractivity contribution in [3.8, 4) is 0 Å². The molecule has 1 aliphatic rings. The number of pyridine rings is 1. The van der Waals surface area contributed by atoms with Crippen LogP contribution in [0.4, 0.5) is 0 Å². The fraction of sp³-hybridized carbons (Fsp3) is 0.429. The number of aliphatic carboxylic acids is 1. The van der Waals surface area contributed by atoms with Gasteiger partial charge in [-0.2, -0.15) is 0 Å². The van der Waals surface area contributed by atoms with Gasteiger partial charge in [0.1, 0.15) is 6.04 Å². The van der Waals surface area contributed by atoms with Crippen LogP contribution in [-0.4, -0.2) is 52.0 Å². The van der Waals surface area contributed by atoms with Gasteiger partial charge in [-0.25, -0.2) is 0 Å². The molecule has 3 rings (SSSR count). The Morgan fingerprint density at radius 2 is 2.00 bits per heavy atom. The molecular weight excluding hydrogens is 326 g/mol. The fourth-order valence-electron chi connectivity index (χ4n) is 3.77. The fourth-order valence-corrected chi connectivity index (χ4v) is 3.77. The molecule has 0 radical (unpaired) electrons. The van der Waals surface area contributed by atoms with E-state index in [1.165, 1.54) is 5.56 Å². The molecule has 1 fully saturated rings. The van der Waals surface area contributed by atoms with Gasteiger partial charge in [0.2, 0.25) is 0 Å². The van der Waals surface area contributed by atoms with Crippen LogP contribution in [0.15, 0.2) is 48.8 Å². The van der Waals surface area contributed by atoms with Gasteiger partial charge < -0.3 is 5.11 Å². The minimum Gasteiger partial charge on any atom is -0.480 e. The average Bonchev–Trinajstić information content (AvgIpc) is 2.88. The lowest BCUT2D eigenvalue weighted by molar-refractivity contribution is -0.143. The van der Waals surface area contributed by atoms with E-state index in [9.17, 15) is 9.90 Å². The zero-order valence-corrected chi connectivity index (χ0v) is 15.3. The number of carboxylic acid groups (broad SMARTS) is 1. The molecule has 0 aliphatic carbocycles. The molecule has 5 nitrogen and oxygen atoms in total. The van der Waals surface area contributed by atoms with E-state index in [0.717, 1.165) is 56.7 Å². The van der Waals surface area contributed by atoms with Gasteiger partial charge in [0.15, 0.2) is 0 Å². The standard InChI is InChI=1S/C21H27N3O2/c1-2-18-8-3-4-9-19(18)20(21(25)26)24-12-6-11-23(13-14-24)16-17-7-5-10-22-15-17/h3-5,7-10,15,20H,2,6,11-14,16H2,1H3,(H,25,26)/t20-/m1/s1. The molecule has 138 valence electrons. The Morgan fingerprint density at radius 3 is 2.73 bits per heavy atom. The predicted octanol–water partition coefficient (Wildman–Crippen LogP) is 2.98. The van der Waals surface area contributed by atoms with E-state index >= 15 is 0 Å². The van der Waals surface area contributed by atoms with Gasteiger partial charge in [0.05, 0.1) is 0 Å². The summed E-state index contributed by atoms with van der Waals surface area (Å²) in [7, 11) is 0. The second-order valence-corrected chi connectivity index (χ2v) is 6.82. The quantitative estimate of drug-likeness (QED) is 0.865. The second-order valence-electron chi connectivity index (χ2n) is 6.82. The average molecular weight is 353 g/mol. The molecule has 2 aromatic rings. The Bertz CT molecular complexity index is 720. The molecule has 0 spiro atoms. The Kier molecular flexibility index (Phi) is 6.36. The summed E-state index contributed by atoms with van der Waals surface area (Å²) < 4.78 is 0. The Morgan fingerprint density at radius 1 is 1.15 bits per heavy atom. The van der Waals surface area contributed by atoms with Crippen LogP contribution < -0.4 is 0 Å². The molecular formula is C21H27N3O2. The summed E-state index contributed by atoms with van der Waals surface area (Å²) >= 11 is 0. The highest BCUT2D eigenvalue weighted by atomic mass is 16.4. The van der Waals surface area contributed by atoms with Crippen molar-refractivity contribution in [3.63, 3.8) is 0 Å². The van der Waals surface area contributed by atoms with E-state index in [2.05, 4.69) is 27.8 Å². The molecule has 26 heavy (non-hydrogen) atoms. The number of hydrogen-bond acceptors (Lipinski definition) is 4. The van der Waals surface area contributed by atoms with Gasteiger partial charge in [-0.3, -0.25) is 19.6 Å². The first kappa shape index (κ1) is 18.5. The van der Waals surface area contributed by atoms with Crippen molar-refractivity contribution in [1.82, 2.24) is 14.8 Å². The summed E-state index contributed by atoms with van der Waals surface area (Å²) in [6.07, 6.45) is 5.51. The van der Waals surface area contributed by atoms with E-state index < -0.39 is 12.0 Å². The zero-order valence-electron chi connectivity index (χ0n) is 15.3. The zero-order chi connectivity index (χ0) is 18.4. The third-order valence-electron chi connectivity index (χ3n) is 5.08. The number of aryl methyl sites for hydroxylation is 1. The van der Waals surface area contributed by atoms with E-state index in [4.69, 9.17) is 0 Å². The first-order chi connectivity index (χ1) is 12.7. The minimum absolute atomic E-state index is 0.565. The second kappa shape index (κ2) is 8.92. The van der Waals surface area contributed by atoms with Crippen LogP contribution in [-0.2, 0) is 17.8 Å². The molecule has 0 amide bonds. The van der Waals surface area contributed by atoms with Crippen molar-refractivity contribution in [2.24, 2.45) is 0 Å². The molecule has 1 aromatic heterocycles. The first-order valence-corrected chi connectivity index (χ1v) is 9.35. The van der Waals surface area contributed by atoms with Gasteiger partial charge in [0, 0.05) is 38.6 Å². The maximum absolute atomic E-state index is 12.1. The van der Waals surface area contributed by atoms with E-state index in [0.29, 0.717) is 0 Å². The summed E-state index contributed by atoms with van der Waals surface area (Å²) in [4.78, 5) is 20.8. The van der Waals surface area contributed by atoms with E-state index in [-0.39, 0.29) is 0 Å². The van der Waals surface area contributed by atoms with Gasteiger partial charge in [0.25, 0.3) is 0 Å². The monoisotopic (exact) mass is 353 g/mol. The third kappa shape index (κ3) is 4.48. The SMILES string of the molecule is CCc1ccccc1[C@H](C(=O)O)N1CCCN(Cc2cccnc2)CC1. The number of benzene rings is 1. The molecule has 0 bridgehead atoms. The Balaban J connectivity index is 1.72. The molecule has 1 aliphatic heterocycles. The van der Waals surface area contributed by atoms with Crippen molar-refractivity contribution < 1.29 is 9.90 Å². The number of hydrogen-bond donors (Lipinski definition) is 1. The minimum atomic E-state index is -0.758. The van der Waals surface area contributed by atoms with Crippen LogP contribution in [0.3, 0.4) is 0 Å². The molecule has 0 unspecified atom stereocenters. The van der Waals surface area contributed by atoms with Crippen molar-refractivity contribution in [1.29, 1.82) is 0 Å². The van der Waals surface area contributed by atoms with Crippen LogP contribution in [0.1, 0.15) is 36.1 Å². The molecule has 1 N–H and O–H groups in total. The topological polar surface area (TPSA) is 56.7 Å². The van der Waals surface area contributed by atoms with Gasteiger partial charge in [-0.05, 0) is 42.1 Å². The molecule has 1 aromatic carbocycles. The first-order valence-electron chi connectivity index (χ1n) is 9.35. The highest BCUT2D eigenvalue weighted by Gasteiger charge is 2.30. The van der Waals surface area contributed by atoms with Gasteiger partial charge in [-0.1, -0.05) is 37.3 Å².